The highest BCUT2D eigenvalue weighted by Gasteiger charge is 2.24. The quantitative estimate of drug-likeness (QED) is 0.797. The Bertz CT molecular complexity index is 963. The van der Waals surface area contributed by atoms with Crippen LogP contribution in [0.4, 0.5) is 5.69 Å². The molecule has 2 aliphatic rings. The third kappa shape index (κ3) is 2.22. The normalized spacial score (nSPS) is 17.6. The lowest BCUT2D eigenvalue weighted by molar-refractivity contribution is 0.0987. The SMILES string of the molecule is CN1/C(=C/C2=CC(=O)c3ccccc3C2=O)C=Cc2ccccc21. The van der Waals surface area contributed by atoms with Gasteiger partial charge in [0.2, 0.25) is 0 Å². The van der Waals surface area contributed by atoms with E-state index in [1.807, 2.05) is 48.4 Å². The van der Waals surface area contributed by atoms with E-state index in [2.05, 4.69) is 0 Å². The fourth-order valence-electron chi connectivity index (χ4n) is 3.11. The van der Waals surface area contributed by atoms with E-state index < -0.39 is 0 Å². The van der Waals surface area contributed by atoms with E-state index in [0.29, 0.717) is 16.7 Å². The molecular formula is C21H15NO2. The molecule has 0 N–H and O–H groups in total. The number of benzene rings is 2. The van der Waals surface area contributed by atoms with Crippen molar-refractivity contribution in [2.75, 3.05) is 11.9 Å². The van der Waals surface area contributed by atoms with Crippen LogP contribution in [0.25, 0.3) is 6.08 Å². The Balaban J connectivity index is 1.75. The molecule has 2 aromatic carbocycles. The second kappa shape index (κ2) is 5.46. The van der Waals surface area contributed by atoms with Crippen LogP contribution in [0.3, 0.4) is 0 Å². The number of Topliss-reactive ketones (excluding diaryl/α,β-unsaturated/α-hetero) is 1. The number of ketones is 2. The Kier molecular flexibility index (Phi) is 3.28. The van der Waals surface area contributed by atoms with E-state index in [-0.39, 0.29) is 11.6 Å². The lowest BCUT2D eigenvalue weighted by Crippen LogP contribution is -2.21. The van der Waals surface area contributed by atoms with Gasteiger partial charge >= 0.3 is 0 Å². The summed E-state index contributed by atoms with van der Waals surface area (Å²) in [7, 11) is 1.96. The summed E-state index contributed by atoms with van der Waals surface area (Å²) in [6.45, 7) is 0. The van der Waals surface area contributed by atoms with Crippen molar-refractivity contribution in [1.82, 2.24) is 0 Å². The Labute approximate surface area is 140 Å². The van der Waals surface area contributed by atoms with E-state index in [9.17, 15) is 9.59 Å². The topological polar surface area (TPSA) is 37.4 Å². The summed E-state index contributed by atoms with van der Waals surface area (Å²) in [6.07, 6.45) is 7.19. The maximum Gasteiger partial charge on any atom is 0.193 e. The van der Waals surface area contributed by atoms with E-state index in [1.165, 1.54) is 6.08 Å². The van der Waals surface area contributed by atoms with Gasteiger partial charge in [-0.05, 0) is 29.9 Å². The number of carbonyl (C=O) groups excluding carboxylic acids is 2. The first-order valence-corrected chi connectivity index (χ1v) is 7.77. The highest BCUT2D eigenvalue weighted by atomic mass is 16.1. The van der Waals surface area contributed by atoms with Crippen LogP contribution in [0.5, 0.6) is 0 Å². The molecule has 1 aliphatic heterocycles. The maximum absolute atomic E-state index is 12.7. The highest BCUT2D eigenvalue weighted by molar-refractivity contribution is 6.25. The minimum absolute atomic E-state index is 0.113. The predicted molar refractivity (Wildman–Crippen MR) is 95.1 cm³/mol. The molecule has 0 atom stereocenters. The van der Waals surface area contributed by atoms with Gasteiger partial charge in [0.05, 0.1) is 0 Å². The Hall–Kier alpha value is -3.20. The van der Waals surface area contributed by atoms with Crippen LogP contribution >= 0.6 is 0 Å². The summed E-state index contributed by atoms with van der Waals surface area (Å²) in [6, 6.07) is 15.0. The first-order valence-electron chi connectivity index (χ1n) is 7.77. The molecule has 0 unspecified atom stereocenters. The number of hydrogen-bond acceptors (Lipinski definition) is 3. The molecular weight excluding hydrogens is 298 g/mol. The Morgan fingerprint density at radius 1 is 0.875 bits per heavy atom. The lowest BCUT2D eigenvalue weighted by atomic mass is 9.89. The lowest BCUT2D eigenvalue weighted by Gasteiger charge is -2.26. The number of para-hydroxylation sites is 1. The number of rotatable bonds is 1. The predicted octanol–water partition coefficient (Wildman–Crippen LogP) is 4.04. The molecule has 0 saturated carbocycles. The summed E-state index contributed by atoms with van der Waals surface area (Å²) >= 11 is 0. The Morgan fingerprint density at radius 2 is 1.58 bits per heavy atom. The van der Waals surface area contributed by atoms with Crippen LogP contribution in [0.15, 0.2) is 78.0 Å². The minimum atomic E-state index is -0.125. The fourth-order valence-corrected chi connectivity index (χ4v) is 3.11. The van der Waals surface area contributed by atoms with E-state index in [4.69, 9.17) is 0 Å². The summed E-state index contributed by atoms with van der Waals surface area (Å²) in [5.74, 6) is -0.238. The van der Waals surface area contributed by atoms with Gasteiger partial charge in [-0.2, -0.15) is 0 Å². The minimum Gasteiger partial charge on any atom is -0.344 e. The number of fused-ring (bicyclic) bond motifs is 2. The fraction of sp³-hybridized carbons (Fsp3) is 0.0476. The first kappa shape index (κ1) is 14.4. The van der Waals surface area contributed by atoms with E-state index in [0.717, 1.165) is 16.9 Å². The van der Waals surface area contributed by atoms with Crippen molar-refractivity contribution in [3.05, 3.63) is 94.7 Å². The molecule has 0 aromatic heterocycles. The van der Waals surface area contributed by atoms with Crippen molar-refractivity contribution in [1.29, 1.82) is 0 Å². The van der Waals surface area contributed by atoms with Crippen molar-refractivity contribution >= 4 is 23.3 Å². The third-order valence-electron chi connectivity index (χ3n) is 4.41. The van der Waals surface area contributed by atoms with Gasteiger partial charge in [0.25, 0.3) is 0 Å². The van der Waals surface area contributed by atoms with E-state index >= 15 is 0 Å². The molecule has 116 valence electrons. The Morgan fingerprint density at radius 3 is 2.42 bits per heavy atom. The summed E-state index contributed by atoms with van der Waals surface area (Å²) in [5, 5.41) is 0. The second-order valence-corrected chi connectivity index (χ2v) is 5.86. The van der Waals surface area contributed by atoms with Crippen LogP contribution in [0.2, 0.25) is 0 Å². The molecule has 3 heteroatoms. The molecule has 3 nitrogen and oxygen atoms in total. The molecule has 0 bridgehead atoms. The number of nitrogens with zero attached hydrogens (tertiary/aromatic N) is 1. The smallest absolute Gasteiger partial charge is 0.193 e. The average molecular weight is 313 g/mol. The summed E-state index contributed by atoms with van der Waals surface area (Å²) < 4.78 is 0. The molecule has 1 heterocycles. The molecule has 0 radical (unpaired) electrons. The molecule has 0 amide bonds. The second-order valence-electron chi connectivity index (χ2n) is 5.86. The van der Waals surface area contributed by atoms with Gasteiger partial charge in [-0.15, -0.1) is 0 Å². The van der Waals surface area contributed by atoms with Gasteiger partial charge in [0.1, 0.15) is 0 Å². The zero-order valence-corrected chi connectivity index (χ0v) is 13.2. The molecule has 2 aromatic rings. The molecule has 0 saturated heterocycles. The summed E-state index contributed by atoms with van der Waals surface area (Å²) in [4.78, 5) is 27.0. The zero-order valence-electron chi connectivity index (χ0n) is 13.2. The number of allylic oxidation sites excluding steroid dienone is 4. The van der Waals surface area contributed by atoms with Crippen molar-refractivity contribution in [3.63, 3.8) is 0 Å². The van der Waals surface area contributed by atoms with E-state index in [1.54, 1.807) is 30.3 Å². The van der Waals surface area contributed by atoms with Crippen molar-refractivity contribution in [2.24, 2.45) is 0 Å². The van der Waals surface area contributed by atoms with Crippen LogP contribution in [0.1, 0.15) is 26.3 Å². The highest BCUT2D eigenvalue weighted by Crippen LogP contribution is 2.31. The van der Waals surface area contributed by atoms with Gasteiger partial charge in [-0.3, -0.25) is 9.59 Å². The largest absolute Gasteiger partial charge is 0.344 e. The van der Waals surface area contributed by atoms with Crippen molar-refractivity contribution in [3.8, 4) is 0 Å². The molecule has 1 aliphatic carbocycles. The van der Waals surface area contributed by atoms with Crippen LogP contribution in [-0.2, 0) is 0 Å². The van der Waals surface area contributed by atoms with Gasteiger partial charge in [0, 0.05) is 35.1 Å². The standard InChI is InChI=1S/C21H15NO2/c1-22-16(11-10-14-6-2-5-9-19(14)22)12-15-13-20(23)17-7-3-4-8-18(17)21(15)24/h2-13H,1H3/b16-12+. The number of hydrogen-bond donors (Lipinski definition) is 0. The van der Waals surface area contributed by atoms with Crippen molar-refractivity contribution < 1.29 is 9.59 Å². The van der Waals surface area contributed by atoms with Crippen molar-refractivity contribution in [2.45, 2.75) is 0 Å². The zero-order chi connectivity index (χ0) is 16.7. The molecule has 0 spiro atoms. The molecule has 0 fully saturated rings. The molecule has 24 heavy (non-hydrogen) atoms. The number of carbonyl (C=O) groups is 2. The third-order valence-corrected chi connectivity index (χ3v) is 4.41. The molecule has 4 rings (SSSR count). The van der Waals surface area contributed by atoms with Crippen LogP contribution < -0.4 is 4.90 Å². The van der Waals surface area contributed by atoms with Crippen LogP contribution in [-0.4, -0.2) is 18.6 Å². The first-order chi connectivity index (χ1) is 11.6. The summed E-state index contributed by atoms with van der Waals surface area (Å²) in [5.41, 5.74) is 4.44. The van der Waals surface area contributed by atoms with Gasteiger partial charge < -0.3 is 4.90 Å². The van der Waals surface area contributed by atoms with Gasteiger partial charge in [0.15, 0.2) is 11.6 Å². The monoisotopic (exact) mass is 313 g/mol. The maximum atomic E-state index is 12.7. The average Bonchev–Trinajstić information content (AvgIpc) is 2.62. The van der Waals surface area contributed by atoms with Gasteiger partial charge in [-0.25, -0.2) is 0 Å². The number of likely N-dealkylation sites (N-methyl/N-ethyl adjacent to an activating group) is 1. The van der Waals surface area contributed by atoms with Gasteiger partial charge in [-0.1, -0.05) is 48.5 Å². The van der Waals surface area contributed by atoms with Crippen LogP contribution in [0, 0.1) is 0 Å². The number of anilines is 1.